The average Bonchev–Trinajstić information content (AvgIpc) is 0. The second kappa shape index (κ2) is 92.1. The van der Waals surface area contributed by atoms with Gasteiger partial charge in [0, 0.05) is 21.7 Å². The molecule has 0 amide bonds. The van der Waals surface area contributed by atoms with Crippen LogP contribution in [0.4, 0.5) is 0 Å². The van der Waals surface area contributed by atoms with Gasteiger partial charge in [-0.1, -0.05) is 0 Å². The zero-order chi connectivity index (χ0) is 0. The molecule has 0 aliphatic carbocycles. The van der Waals surface area contributed by atoms with Crippen molar-refractivity contribution in [3.8, 4) is 0 Å². The van der Waals surface area contributed by atoms with Crippen molar-refractivity contribution in [1.29, 1.82) is 0 Å². The minimum absolute atomic E-state index is 0. The predicted octanol–water partition coefficient (Wildman–Crippen LogP) is -0.712. The van der Waals surface area contributed by atoms with E-state index >= 15 is 0 Å². The maximum Gasteiger partial charge on any atom is 4.00 e. The van der Waals surface area contributed by atoms with Crippen LogP contribution >= 0.6 is 0 Å². The van der Waals surface area contributed by atoms with E-state index in [0.29, 0.717) is 0 Å². The van der Waals surface area contributed by atoms with E-state index in [2.05, 4.69) is 0 Å². The van der Waals surface area contributed by atoms with Crippen LogP contribution in [-0.2, 0) is 47.9 Å². The van der Waals surface area contributed by atoms with E-state index in [1.165, 1.54) is 0 Å². The third-order valence-corrected chi connectivity index (χ3v) is 0. The molecule has 0 saturated heterocycles. The minimum atomic E-state index is 0. The Labute approximate surface area is 69.5 Å². The molecule has 0 aliphatic heterocycles. The van der Waals surface area contributed by atoms with Crippen LogP contribution in [-0.4, -0.2) is 21.9 Å². The largest absolute Gasteiger partial charge is 4.00 e. The second-order valence-corrected chi connectivity index (χ2v) is 0. The molecule has 0 spiro atoms. The van der Waals surface area contributed by atoms with Gasteiger partial charge in [-0.25, -0.2) is 0 Å². The van der Waals surface area contributed by atoms with Crippen molar-refractivity contribution in [2.45, 2.75) is 0 Å². The Bertz CT molecular complexity index is 7.51. The molecule has 4 nitrogen and oxygen atoms in total. The summed E-state index contributed by atoms with van der Waals surface area (Å²) in [7, 11) is 0. The Morgan fingerprint density at radius 2 is 0.500 bits per heavy atom. The van der Waals surface area contributed by atoms with Crippen molar-refractivity contribution in [1.82, 2.24) is 0 Å². The van der Waals surface area contributed by atoms with Crippen molar-refractivity contribution in [2.24, 2.45) is 0 Å². The fourth-order valence-corrected chi connectivity index (χ4v) is 0. The molecule has 0 bridgehead atoms. The Balaban J connectivity index is 0. The summed E-state index contributed by atoms with van der Waals surface area (Å²) >= 11 is 0. The van der Waals surface area contributed by atoms with Crippen molar-refractivity contribution >= 4 is 0 Å². The third-order valence-electron chi connectivity index (χ3n) is 0. The van der Waals surface area contributed by atoms with E-state index in [0.717, 1.165) is 0 Å². The molecule has 0 aromatic carbocycles. The molecule has 0 radical (unpaired) electrons. The number of hydrogen-bond acceptors (Lipinski definition) is 4. The normalized spacial score (nSPS) is 0. The molecule has 0 aromatic rings. The van der Waals surface area contributed by atoms with Gasteiger partial charge in [0.1, 0.15) is 0 Å². The summed E-state index contributed by atoms with van der Waals surface area (Å²) in [6.45, 7) is 0. The first-order valence-corrected chi connectivity index (χ1v) is 0. The third kappa shape index (κ3) is 51.8. The van der Waals surface area contributed by atoms with Gasteiger partial charge >= 0.3 is 26.2 Å². The van der Waals surface area contributed by atoms with Crippen LogP contribution in [0.25, 0.3) is 0 Å². The van der Waals surface area contributed by atoms with Crippen molar-refractivity contribution in [2.75, 3.05) is 0 Å². The van der Waals surface area contributed by atoms with Crippen LogP contribution < -0.4 is 0 Å². The first-order chi connectivity index (χ1) is 0. The molecule has 0 unspecified atom stereocenters. The van der Waals surface area contributed by atoms with Crippen molar-refractivity contribution < 1.29 is 69.8 Å². The monoisotopic (exact) mass is 206 g/mol. The molecule has 0 heterocycles. The summed E-state index contributed by atoms with van der Waals surface area (Å²) < 4.78 is 0. The molecular formula is H4O4TiZr. The van der Waals surface area contributed by atoms with Gasteiger partial charge in [0.25, 0.3) is 0 Å². The topological polar surface area (TPSA) is 120 Å². The standard InChI is InChI=1S/4H2O.Ti.Zr/h4*1H2;;/q;;;;;+4/p-4. The van der Waals surface area contributed by atoms with Crippen LogP contribution in [0.2, 0.25) is 0 Å². The molecule has 0 saturated carbocycles. The summed E-state index contributed by atoms with van der Waals surface area (Å²) in [5.74, 6) is 0. The summed E-state index contributed by atoms with van der Waals surface area (Å²) in [5.41, 5.74) is 0. The molecule has 0 aromatic heterocycles. The average molecular weight is 207 g/mol. The molecular weight excluding hydrogens is 203 g/mol. The van der Waals surface area contributed by atoms with Gasteiger partial charge in [-0.05, 0) is 0 Å². The van der Waals surface area contributed by atoms with Gasteiger partial charge in [-0.2, -0.15) is 0 Å². The van der Waals surface area contributed by atoms with Gasteiger partial charge < -0.3 is 21.9 Å². The Morgan fingerprint density at radius 1 is 0.500 bits per heavy atom. The number of rotatable bonds is 0. The molecule has 6 heavy (non-hydrogen) atoms. The Morgan fingerprint density at radius 3 is 0.500 bits per heavy atom. The maximum absolute atomic E-state index is 0. The van der Waals surface area contributed by atoms with E-state index in [1.807, 2.05) is 0 Å². The van der Waals surface area contributed by atoms with Crippen LogP contribution in [0.15, 0.2) is 0 Å². The van der Waals surface area contributed by atoms with E-state index in [-0.39, 0.29) is 69.8 Å². The minimum Gasteiger partial charge on any atom is -0.870 e. The Kier molecular flexibility index (Phi) is 2290. The fraction of sp³-hybridized carbons (Fsp3) is 0. The fourth-order valence-electron chi connectivity index (χ4n) is 0. The second-order valence-electron chi connectivity index (χ2n) is 0. The van der Waals surface area contributed by atoms with Crippen molar-refractivity contribution in [3.05, 3.63) is 0 Å². The number of hydrogen-bond donors (Lipinski definition) is 0. The van der Waals surface area contributed by atoms with Crippen LogP contribution in [0.1, 0.15) is 0 Å². The molecule has 0 atom stereocenters. The van der Waals surface area contributed by atoms with E-state index in [4.69, 9.17) is 0 Å². The first kappa shape index (κ1) is 149. The van der Waals surface area contributed by atoms with Crippen LogP contribution in [0.5, 0.6) is 0 Å². The van der Waals surface area contributed by atoms with Gasteiger partial charge in [0.15, 0.2) is 0 Å². The molecule has 6 heteroatoms. The van der Waals surface area contributed by atoms with Crippen LogP contribution in [0.3, 0.4) is 0 Å². The van der Waals surface area contributed by atoms with Crippen LogP contribution in [0, 0.1) is 0 Å². The van der Waals surface area contributed by atoms with Gasteiger partial charge in [0.05, 0.1) is 0 Å². The summed E-state index contributed by atoms with van der Waals surface area (Å²) in [6.07, 6.45) is 0. The van der Waals surface area contributed by atoms with E-state index in [9.17, 15) is 0 Å². The molecule has 36 valence electrons. The van der Waals surface area contributed by atoms with Gasteiger partial charge in [0.2, 0.25) is 0 Å². The van der Waals surface area contributed by atoms with Crippen molar-refractivity contribution in [3.63, 3.8) is 0 Å². The first-order valence-electron chi connectivity index (χ1n) is 0. The Hall–Kier alpha value is 1.44. The summed E-state index contributed by atoms with van der Waals surface area (Å²) in [6, 6.07) is 0. The summed E-state index contributed by atoms with van der Waals surface area (Å²) in [4.78, 5) is 0. The smallest absolute Gasteiger partial charge is 0.870 e. The SMILES string of the molecule is [OH-].[OH-].[OH-].[OH-].[Ti].[Zr+4]. The zero-order valence-corrected chi connectivity index (χ0v) is 6.81. The molecule has 0 fully saturated rings. The maximum atomic E-state index is 0. The molecule has 0 aliphatic rings. The molecule has 0 rings (SSSR count). The zero-order valence-electron chi connectivity index (χ0n) is 2.79. The van der Waals surface area contributed by atoms with Gasteiger partial charge in [-0.3, -0.25) is 0 Å². The quantitative estimate of drug-likeness (QED) is 0.487. The van der Waals surface area contributed by atoms with E-state index < -0.39 is 0 Å². The predicted molar refractivity (Wildman–Crippen MR) is 7.74 cm³/mol. The molecule has 4 N–H and O–H groups in total. The summed E-state index contributed by atoms with van der Waals surface area (Å²) in [5, 5.41) is 0. The van der Waals surface area contributed by atoms with E-state index in [1.54, 1.807) is 0 Å². The van der Waals surface area contributed by atoms with Gasteiger partial charge in [-0.15, -0.1) is 0 Å².